The fourth-order valence-corrected chi connectivity index (χ4v) is 5.38. The Labute approximate surface area is 167 Å². The van der Waals surface area contributed by atoms with Gasteiger partial charge in [-0.15, -0.1) is 0 Å². The minimum atomic E-state index is 0.392. The molecule has 150 valence electrons. The average Bonchev–Trinajstić information content (AvgIpc) is 3.33. The van der Waals surface area contributed by atoms with Crippen LogP contribution in [-0.4, -0.2) is 54.5 Å². The van der Waals surface area contributed by atoms with Crippen molar-refractivity contribution in [1.82, 2.24) is 9.88 Å². The summed E-state index contributed by atoms with van der Waals surface area (Å²) in [5.74, 6) is 1.84. The second-order valence-electron chi connectivity index (χ2n) is 8.66. The molecule has 1 atom stereocenters. The van der Waals surface area contributed by atoms with E-state index in [-0.39, 0.29) is 0 Å². The second kappa shape index (κ2) is 7.50. The van der Waals surface area contributed by atoms with Crippen molar-refractivity contribution in [2.24, 2.45) is 11.0 Å². The summed E-state index contributed by atoms with van der Waals surface area (Å²) in [5, 5.41) is 8.05. The van der Waals surface area contributed by atoms with Gasteiger partial charge in [-0.2, -0.15) is 5.43 Å². The maximum Gasteiger partial charge on any atom is 0.138 e. The lowest BCUT2D eigenvalue weighted by molar-refractivity contribution is -0.607. The van der Waals surface area contributed by atoms with Crippen LogP contribution in [0.25, 0.3) is 11.6 Å². The molecule has 5 rings (SSSR count). The van der Waals surface area contributed by atoms with E-state index in [1.165, 1.54) is 48.1 Å². The Morgan fingerprint density at radius 3 is 2.68 bits per heavy atom. The SMILES string of the molecule is CC1=C(c2c[nH]c3c2C=C(C2CCC(N4CCOCC4)CC2)C(C)N3)C=N[NH2+]1. The third-order valence-electron chi connectivity index (χ3n) is 7.01. The molecule has 6 heteroatoms. The normalized spacial score (nSPS) is 30.9. The molecule has 1 aliphatic carbocycles. The van der Waals surface area contributed by atoms with Crippen LogP contribution in [0.15, 0.2) is 22.6 Å². The molecule has 2 fully saturated rings. The highest BCUT2D eigenvalue weighted by Crippen LogP contribution is 2.40. The zero-order valence-corrected chi connectivity index (χ0v) is 17.0. The molecule has 0 spiro atoms. The molecule has 1 aromatic heterocycles. The van der Waals surface area contributed by atoms with Crippen molar-refractivity contribution in [1.29, 1.82) is 0 Å². The van der Waals surface area contributed by atoms with Crippen molar-refractivity contribution in [3.63, 3.8) is 0 Å². The second-order valence-corrected chi connectivity index (χ2v) is 8.66. The lowest BCUT2D eigenvalue weighted by Gasteiger charge is -2.40. The monoisotopic (exact) mass is 382 g/mol. The van der Waals surface area contributed by atoms with Crippen LogP contribution in [0.4, 0.5) is 5.82 Å². The number of nitrogens with zero attached hydrogens (tertiary/aromatic N) is 2. The summed E-state index contributed by atoms with van der Waals surface area (Å²) >= 11 is 0. The number of rotatable bonds is 3. The number of aromatic amines is 1. The van der Waals surface area contributed by atoms with Gasteiger partial charge in [0, 0.05) is 49.4 Å². The topological polar surface area (TPSA) is 69.3 Å². The van der Waals surface area contributed by atoms with Crippen LogP contribution in [-0.2, 0) is 4.74 Å². The van der Waals surface area contributed by atoms with Gasteiger partial charge in [-0.25, -0.2) is 0 Å². The Balaban J connectivity index is 1.34. The largest absolute Gasteiger partial charge is 0.379 e. The van der Waals surface area contributed by atoms with Crippen molar-refractivity contribution < 1.29 is 10.2 Å². The summed E-state index contributed by atoms with van der Waals surface area (Å²) in [6, 6.07) is 1.15. The first-order chi connectivity index (χ1) is 13.7. The average molecular weight is 383 g/mol. The molecule has 4 heterocycles. The van der Waals surface area contributed by atoms with E-state index < -0.39 is 0 Å². The minimum absolute atomic E-state index is 0.392. The number of aromatic nitrogens is 1. The summed E-state index contributed by atoms with van der Waals surface area (Å²) in [4.78, 5) is 6.10. The van der Waals surface area contributed by atoms with E-state index in [1.54, 1.807) is 5.57 Å². The van der Waals surface area contributed by atoms with E-state index in [4.69, 9.17) is 4.74 Å². The van der Waals surface area contributed by atoms with Crippen molar-refractivity contribution in [2.75, 3.05) is 31.6 Å². The molecule has 28 heavy (non-hydrogen) atoms. The number of allylic oxidation sites excluding steroid dienone is 2. The number of anilines is 1. The molecule has 1 saturated heterocycles. The molecular weight excluding hydrogens is 350 g/mol. The summed E-state index contributed by atoms with van der Waals surface area (Å²) in [5.41, 5.74) is 8.57. The maximum atomic E-state index is 5.53. The van der Waals surface area contributed by atoms with Crippen LogP contribution in [0, 0.1) is 5.92 Å². The van der Waals surface area contributed by atoms with Gasteiger partial charge in [0.15, 0.2) is 0 Å². The van der Waals surface area contributed by atoms with E-state index in [9.17, 15) is 0 Å². The molecular formula is C22H32N5O+. The van der Waals surface area contributed by atoms with E-state index in [1.807, 2.05) is 11.6 Å². The van der Waals surface area contributed by atoms with Gasteiger partial charge in [-0.3, -0.25) is 4.90 Å². The number of quaternary nitrogens is 1. The molecule has 0 bridgehead atoms. The van der Waals surface area contributed by atoms with Crippen LogP contribution >= 0.6 is 0 Å². The fraction of sp³-hybridized carbons (Fsp3) is 0.591. The van der Waals surface area contributed by atoms with E-state index in [2.05, 4.69) is 46.4 Å². The number of fused-ring (bicyclic) bond motifs is 1. The van der Waals surface area contributed by atoms with Crippen molar-refractivity contribution >= 4 is 23.7 Å². The molecule has 1 aromatic rings. The van der Waals surface area contributed by atoms with Gasteiger partial charge < -0.3 is 15.0 Å². The van der Waals surface area contributed by atoms with Gasteiger partial charge in [0.1, 0.15) is 11.5 Å². The van der Waals surface area contributed by atoms with Gasteiger partial charge in [-0.1, -0.05) is 5.10 Å². The van der Waals surface area contributed by atoms with Gasteiger partial charge >= 0.3 is 0 Å². The molecule has 3 aliphatic heterocycles. The first-order valence-corrected chi connectivity index (χ1v) is 10.8. The highest BCUT2D eigenvalue weighted by Gasteiger charge is 2.32. The maximum absolute atomic E-state index is 5.53. The van der Waals surface area contributed by atoms with E-state index >= 15 is 0 Å². The third kappa shape index (κ3) is 3.23. The molecule has 1 unspecified atom stereocenters. The Hall–Kier alpha value is -1.89. The highest BCUT2D eigenvalue weighted by molar-refractivity contribution is 6.13. The Kier molecular flexibility index (Phi) is 4.87. The number of hydrogen-bond donors (Lipinski definition) is 3. The lowest BCUT2D eigenvalue weighted by Crippen LogP contribution is -2.73. The fourth-order valence-electron chi connectivity index (χ4n) is 5.38. The number of hydrogen-bond acceptors (Lipinski definition) is 4. The summed E-state index contributed by atoms with van der Waals surface area (Å²) < 4.78 is 5.53. The first-order valence-electron chi connectivity index (χ1n) is 10.8. The predicted octanol–water partition coefficient (Wildman–Crippen LogP) is 2.40. The predicted molar refractivity (Wildman–Crippen MR) is 113 cm³/mol. The molecule has 4 aliphatic rings. The first kappa shape index (κ1) is 18.2. The van der Waals surface area contributed by atoms with Crippen LogP contribution in [0.2, 0.25) is 0 Å². The van der Waals surface area contributed by atoms with E-state index in [0.29, 0.717) is 12.0 Å². The zero-order valence-electron chi connectivity index (χ0n) is 17.0. The molecule has 0 aromatic carbocycles. The number of nitrogens with one attached hydrogen (secondary N) is 2. The highest BCUT2D eigenvalue weighted by atomic mass is 16.5. The zero-order chi connectivity index (χ0) is 19.1. The molecule has 4 N–H and O–H groups in total. The number of nitrogens with two attached hydrogens (primary N) is 1. The molecule has 6 nitrogen and oxygen atoms in total. The Morgan fingerprint density at radius 2 is 1.96 bits per heavy atom. The lowest BCUT2D eigenvalue weighted by atomic mass is 9.77. The summed E-state index contributed by atoms with van der Waals surface area (Å²) in [6.07, 6.45) is 11.8. The molecule has 1 saturated carbocycles. The van der Waals surface area contributed by atoms with E-state index in [0.717, 1.165) is 38.2 Å². The number of morpholine rings is 1. The van der Waals surface area contributed by atoms with Gasteiger partial charge in [0.25, 0.3) is 0 Å². The van der Waals surface area contributed by atoms with Crippen LogP contribution < -0.4 is 10.7 Å². The van der Waals surface area contributed by atoms with Crippen molar-refractivity contribution in [3.05, 3.63) is 28.6 Å². The number of H-pyrrole nitrogens is 1. The minimum Gasteiger partial charge on any atom is -0.379 e. The van der Waals surface area contributed by atoms with Crippen LogP contribution in [0.5, 0.6) is 0 Å². The number of ether oxygens (including phenoxy) is 1. The van der Waals surface area contributed by atoms with Crippen LogP contribution in [0.3, 0.4) is 0 Å². The quantitative estimate of drug-likeness (QED) is 0.703. The Morgan fingerprint density at radius 1 is 1.18 bits per heavy atom. The van der Waals surface area contributed by atoms with Crippen molar-refractivity contribution in [2.45, 2.75) is 51.6 Å². The smallest absolute Gasteiger partial charge is 0.138 e. The van der Waals surface area contributed by atoms with Gasteiger partial charge in [-0.05, 0) is 50.2 Å². The standard InChI is InChI=1S/C22H31N5O/c1-14-18(16-3-5-17(6-4-16)27-7-9-28-10-8-27)11-19-21(12-23-22(19)25-14)20-13-24-26-15(20)2/h11-14,16-17,23,25H,3-10H2,1-2H3,(H,24,26)/p+1. The summed E-state index contributed by atoms with van der Waals surface area (Å²) in [7, 11) is 0. The molecule has 0 amide bonds. The van der Waals surface area contributed by atoms with Gasteiger partial charge in [0.05, 0.1) is 25.0 Å². The van der Waals surface area contributed by atoms with Crippen molar-refractivity contribution in [3.8, 4) is 0 Å². The third-order valence-corrected chi connectivity index (χ3v) is 7.01. The van der Waals surface area contributed by atoms with Gasteiger partial charge in [0.2, 0.25) is 0 Å². The summed E-state index contributed by atoms with van der Waals surface area (Å²) in [6.45, 7) is 8.47. The van der Waals surface area contributed by atoms with Crippen LogP contribution in [0.1, 0.15) is 50.7 Å². The molecule has 0 radical (unpaired) electrons. The Bertz CT molecular complexity index is 822.